The molecule has 1 aromatic rings. The average Bonchev–Trinajstić information content (AvgIpc) is 2.61. The molecule has 0 spiro atoms. The van der Waals surface area contributed by atoms with Crippen molar-refractivity contribution in [1.82, 2.24) is 4.98 Å². The van der Waals surface area contributed by atoms with Crippen molar-refractivity contribution >= 4 is 17.6 Å². The predicted molar refractivity (Wildman–Crippen MR) is 91.0 cm³/mol. The first-order valence-electron chi connectivity index (χ1n) is 8.38. The van der Waals surface area contributed by atoms with E-state index in [0.717, 1.165) is 38.0 Å². The molecular formula is C18H26N2O4. The van der Waals surface area contributed by atoms with Gasteiger partial charge in [-0.3, -0.25) is 4.79 Å². The van der Waals surface area contributed by atoms with E-state index in [1.165, 1.54) is 7.11 Å². The summed E-state index contributed by atoms with van der Waals surface area (Å²) in [6.45, 7) is 7.43. The van der Waals surface area contributed by atoms with Gasteiger partial charge in [0.25, 0.3) is 0 Å². The van der Waals surface area contributed by atoms with Crippen molar-refractivity contribution in [3.8, 4) is 0 Å². The van der Waals surface area contributed by atoms with Crippen LogP contribution in [0.4, 0.5) is 5.69 Å². The SMILES string of the molecule is CCC(C)(C)OC(=O)C1CCN(c2ccc(C(=O)OC)nc2)CC1. The van der Waals surface area contributed by atoms with Crippen molar-refractivity contribution in [1.29, 1.82) is 0 Å². The number of carbonyl (C=O) groups excluding carboxylic acids is 2. The lowest BCUT2D eigenvalue weighted by Crippen LogP contribution is -2.39. The van der Waals surface area contributed by atoms with Crippen molar-refractivity contribution in [3.05, 3.63) is 24.0 Å². The second-order valence-electron chi connectivity index (χ2n) is 6.69. The molecular weight excluding hydrogens is 308 g/mol. The summed E-state index contributed by atoms with van der Waals surface area (Å²) in [5, 5.41) is 0. The number of piperidine rings is 1. The summed E-state index contributed by atoms with van der Waals surface area (Å²) in [6, 6.07) is 3.52. The average molecular weight is 334 g/mol. The maximum absolute atomic E-state index is 12.3. The maximum atomic E-state index is 12.3. The van der Waals surface area contributed by atoms with Crippen molar-refractivity contribution in [2.45, 2.75) is 45.6 Å². The van der Waals surface area contributed by atoms with Crippen molar-refractivity contribution < 1.29 is 19.1 Å². The second kappa shape index (κ2) is 7.64. The Hall–Kier alpha value is -2.11. The molecule has 0 amide bonds. The summed E-state index contributed by atoms with van der Waals surface area (Å²) in [4.78, 5) is 30.0. The van der Waals surface area contributed by atoms with E-state index in [-0.39, 0.29) is 11.9 Å². The van der Waals surface area contributed by atoms with Gasteiger partial charge in [-0.15, -0.1) is 0 Å². The van der Waals surface area contributed by atoms with E-state index in [0.29, 0.717) is 5.69 Å². The van der Waals surface area contributed by atoms with Crippen molar-refractivity contribution in [2.24, 2.45) is 5.92 Å². The molecule has 0 unspecified atom stereocenters. The summed E-state index contributed by atoms with van der Waals surface area (Å²) < 4.78 is 10.2. The zero-order valence-electron chi connectivity index (χ0n) is 14.9. The van der Waals surface area contributed by atoms with Crippen molar-refractivity contribution in [3.63, 3.8) is 0 Å². The largest absolute Gasteiger partial charge is 0.464 e. The Kier molecular flexibility index (Phi) is 5.80. The first-order chi connectivity index (χ1) is 11.4. The molecule has 2 heterocycles. The fraction of sp³-hybridized carbons (Fsp3) is 0.611. The van der Waals surface area contributed by atoms with Gasteiger partial charge in [-0.1, -0.05) is 6.92 Å². The molecule has 1 aliphatic heterocycles. The van der Waals surface area contributed by atoms with Gasteiger partial charge in [-0.25, -0.2) is 9.78 Å². The highest BCUT2D eigenvalue weighted by Crippen LogP contribution is 2.26. The molecule has 0 atom stereocenters. The van der Waals surface area contributed by atoms with Gasteiger partial charge < -0.3 is 14.4 Å². The van der Waals surface area contributed by atoms with Gasteiger partial charge in [0.1, 0.15) is 11.3 Å². The zero-order chi connectivity index (χ0) is 17.7. The van der Waals surface area contributed by atoms with Crippen LogP contribution in [0.3, 0.4) is 0 Å². The Morgan fingerprint density at radius 3 is 2.46 bits per heavy atom. The fourth-order valence-corrected chi connectivity index (χ4v) is 2.60. The Morgan fingerprint density at radius 1 is 1.29 bits per heavy atom. The van der Waals surface area contributed by atoms with E-state index in [9.17, 15) is 9.59 Å². The van der Waals surface area contributed by atoms with E-state index in [4.69, 9.17) is 4.74 Å². The van der Waals surface area contributed by atoms with E-state index in [1.807, 2.05) is 26.8 Å². The van der Waals surface area contributed by atoms with E-state index in [2.05, 4.69) is 14.6 Å². The van der Waals surface area contributed by atoms with E-state index >= 15 is 0 Å². The Labute approximate surface area is 143 Å². The smallest absolute Gasteiger partial charge is 0.356 e. The first-order valence-corrected chi connectivity index (χ1v) is 8.38. The molecule has 0 bridgehead atoms. The predicted octanol–water partition coefficient (Wildman–Crippen LogP) is 2.82. The number of methoxy groups -OCH3 is 1. The van der Waals surface area contributed by atoms with Crippen LogP contribution in [-0.4, -0.2) is 42.7 Å². The molecule has 2 rings (SSSR count). The van der Waals surface area contributed by atoms with Crippen LogP contribution in [0.2, 0.25) is 0 Å². The molecule has 0 N–H and O–H groups in total. The molecule has 1 aliphatic rings. The summed E-state index contributed by atoms with van der Waals surface area (Å²) in [5.41, 5.74) is 0.840. The van der Waals surface area contributed by atoms with Gasteiger partial charge in [0, 0.05) is 13.1 Å². The minimum atomic E-state index is -0.443. The first kappa shape index (κ1) is 18.2. The third-order valence-corrected chi connectivity index (χ3v) is 4.56. The minimum Gasteiger partial charge on any atom is -0.464 e. The second-order valence-corrected chi connectivity index (χ2v) is 6.69. The minimum absolute atomic E-state index is 0.0469. The third kappa shape index (κ3) is 4.46. The molecule has 132 valence electrons. The maximum Gasteiger partial charge on any atom is 0.356 e. The molecule has 1 fully saturated rings. The lowest BCUT2D eigenvalue weighted by molar-refractivity contribution is -0.162. The van der Waals surface area contributed by atoms with Crippen LogP contribution < -0.4 is 4.90 Å². The highest BCUT2D eigenvalue weighted by atomic mass is 16.6. The van der Waals surface area contributed by atoms with Gasteiger partial charge in [0.15, 0.2) is 0 Å². The van der Waals surface area contributed by atoms with Crippen LogP contribution in [0.5, 0.6) is 0 Å². The highest BCUT2D eigenvalue weighted by Gasteiger charge is 2.30. The van der Waals surface area contributed by atoms with E-state index in [1.54, 1.807) is 12.3 Å². The number of nitrogens with zero attached hydrogens (tertiary/aromatic N) is 2. The number of hydrogen-bond donors (Lipinski definition) is 0. The van der Waals surface area contributed by atoms with Gasteiger partial charge >= 0.3 is 11.9 Å². The van der Waals surface area contributed by atoms with Crippen LogP contribution in [0.25, 0.3) is 0 Å². The Balaban J connectivity index is 1.90. The normalized spacial score (nSPS) is 15.9. The van der Waals surface area contributed by atoms with Crippen LogP contribution in [0.1, 0.15) is 50.5 Å². The number of pyridine rings is 1. The van der Waals surface area contributed by atoms with Crippen LogP contribution in [0, 0.1) is 5.92 Å². The number of ether oxygens (including phenoxy) is 2. The Morgan fingerprint density at radius 2 is 1.96 bits per heavy atom. The van der Waals surface area contributed by atoms with Gasteiger partial charge in [-0.05, 0) is 45.2 Å². The molecule has 24 heavy (non-hydrogen) atoms. The van der Waals surface area contributed by atoms with Crippen LogP contribution in [0.15, 0.2) is 18.3 Å². The molecule has 0 radical (unpaired) electrons. The molecule has 1 saturated heterocycles. The third-order valence-electron chi connectivity index (χ3n) is 4.56. The molecule has 0 aliphatic carbocycles. The standard InChI is InChI=1S/C18H26N2O4/c1-5-18(2,3)24-16(21)13-8-10-20(11-9-13)14-6-7-15(19-12-14)17(22)23-4/h6-7,12-13H,5,8-11H2,1-4H3. The van der Waals surface area contributed by atoms with Crippen LogP contribution >= 0.6 is 0 Å². The van der Waals surface area contributed by atoms with Gasteiger partial charge in [0.2, 0.25) is 0 Å². The highest BCUT2D eigenvalue weighted by molar-refractivity contribution is 5.87. The summed E-state index contributed by atoms with van der Waals surface area (Å²) in [5.74, 6) is -0.586. The topological polar surface area (TPSA) is 68.7 Å². The lowest BCUT2D eigenvalue weighted by Gasteiger charge is -2.34. The number of rotatable bonds is 5. The van der Waals surface area contributed by atoms with Crippen LogP contribution in [-0.2, 0) is 14.3 Å². The molecule has 6 nitrogen and oxygen atoms in total. The lowest BCUT2D eigenvalue weighted by atomic mass is 9.96. The summed E-state index contributed by atoms with van der Waals surface area (Å²) >= 11 is 0. The molecule has 1 aromatic heterocycles. The molecule has 6 heteroatoms. The molecule has 0 saturated carbocycles. The number of anilines is 1. The zero-order valence-corrected chi connectivity index (χ0v) is 14.9. The van der Waals surface area contributed by atoms with Gasteiger partial charge in [-0.2, -0.15) is 0 Å². The number of carbonyl (C=O) groups is 2. The quantitative estimate of drug-likeness (QED) is 0.771. The number of hydrogen-bond acceptors (Lipinski definition) is 6. The number of aromatic nitrogens is 1. The summed E-state index contributed by atoms with van der Waals surface area (Å²) in [6.07, 6.45) is 4.00. The Bertz CT molecular complexity index is 575. The monoisotopic (exact) mass is 334 g/mol. The summed E-state index contributed by atoms with van der Waals surface area (Å²) in [7, 11) is 1.33. The fourth-order valence-electron chi connectivity index (χ4n) is 2.60. The molecule has 0 aromatic carbocycles. The van der Waals surface area contributed by atoms with Gasteiger partial charge in [0.05, 0.1) is 24.9 Å². The van der Waals surface area contributed by atoms with E-state index < -0.39 is 11.6 Å². The number of esters is 2. The van der Waals surface area contributed by atoms with Crippen molar-refractivity contribution in [2.75, 3.05) is 25.1 Å².